The first-order valence-corrected chi connectivity index (χ1v) is 11.9. The van der Waals surface area contributed by atoms with Gasteiger partial charge in [-0.3, -0.25) is 9.69 Å². The lowest BCUT2D eigenvalue weighted by atomic mass is 9.97. The van der Waals surface area contributed by atoms with Gasteiger partial charge >= 0.3 is 0 Å². The van der Waals surface area contributed by atoms with Gasteiger partial charge in [-0.05, 0) is 46.3 Å². The molecule has 3 heterocycles. The Hall–Kier alpha value is -2.29. The molecule has 0 spiro atoms. The minimum atomic E-state index is 0.0341. The summed E-state index contributed by atoms with van der Waals surface area (Å²) in [6, 6.07) is 8.11. The van der Waals surface area contributed by atoms with Gasteiger partial charge < -0.3 is 19.6 Å². The van der Waals surface area contributed by atoms with Crippen LogP contribution in [0.5, 0.6) is 0 Å². The van der Waals surface area contributed by atoms with Gasteiger partial charge in [0.15, 0.2) is 0 Å². The Morgan fingerprint density at radius 2 is 1.91 bits per heavy atom. The molecule has 2 saturated heterocycles. The van der Waals surface area contributed by atoms with Crippen LogP contribution in [-0.4, -0.2) is 90.2 Å². The summed E-state index contributed by atoms with van der Waals surface area (Å²) >= 11 is 0. The largest absolute Gasteiger partial charge is 0.356 e. The fourth-order valence-electron chi connectivity index (χ4n) is 4.47. The Morgan fingerprint density at radius 1 is 1.12 bits per heavy atom. The zero-order valence-electron chi connectivity index (χ0n) is 19.4. The molecule has 1 aromatic carbocycles. The number of likely N-dealkylation sites (N-methyl/N-ethyl adjacent to an activating group) is 1. The number of hydrogen-bond acceptors (Lipinski definition) is 7. The third-order valence-corrected chi connectivity index (χ3v) is 6.56. The fraction of sp³-hybridized carbons (Fsp3) is 0.625. The van der Waals surface area contributed by atoms with E-state index < -0.39 is 0 Å². The molecule has 174 valence electrons. The van der Waals surface area contributed by atoms with E-state index in [1.807, 2.05) is 24.3 Å². The van der Waals surface area contributed by atoms with Gasteiger partial charge in [-0.25, -0.2) is 0 Å². The van der Waals surface area contributed by atoms with Gasteiger partial charge in [-0.1, -0.05) is 35.0 Å². The third-order valence-electron chi connectivity index (χ3n) is 6.56. The molecule has 0 aliphatic carbocycles. The molecule has 1 aromatic heterocycles. The lowest BCUT2D eigenvalue weighted by Gasteiger charge is -2.32. The number of piperidine rings is 1. The summed E-state index contributed by atoms with van der Waals surface area (Å²) in [4.78, 5) is 24.4. The maximum absolute atomic E-state index is 12.7. The fourth-order valence-corrected chi connectivity index (χ4v) is 4.47. The molecule has 2 aliphatic rings. The van der Waals surface area contributed by atoms with Crippen molar-refractivity contribution in [3.63, 3.8) is 0 Å². The SMILES string of the molecule is Cc1ccc(-c2noc(CN3CCCC(C(=O)NCCCN4CCN(C)CC4)C3)n2)cc1. The molecule has 1 N–H and O–H groups in total. The minimum Gasteiger partial charge on any atom is -0.356 e. The Kier molecular flexibility index (Phi) is 7.89. The molecule has 0 bridgehead atoms. The molecule has 2 aromatic rings. The van der Waals surface area contributed by atoms with Gasteiger partial charge in [0.1, 0.15) is 0 Å². The Bertz CT molecular complexity index is 860. The van der Waals surface area contributed by atoms with Crippen molar-refractivity contribution < 1.29 is 9.32 Å². The van der Waals surface area contributed by atoms with Crippen molar-refractivity contribution in [1.82, 2.24) is 30.2 Å². The van der Waals surface area contributed by atoms with E-state index in [1.165, 1.54) is 5.56 Å². The monoisotopic (exact) mass is 440 g/mol. The number of nitrogens with zero attached hydrogens (tertiary/aromatic N) is 5. The van der Waals surface area contributed by atoms with Crippen LogP contribution in [0, 0.1) is 12.8 Å². The summed E-state index contributed by atoms with van der Waals surface area (Å²) < 4.78 is 5.48. The van der Waals surface area contributed by atoms with Crippen LogP contribution >= 0.6 is 0 Å². The molecule has 8 nitrogen and oxygen atoms in total. The molecule has 1 amide bonds. The van der Waals surface area contributed by atoms with E-state index in [-0.39, 0.29) is 11.8 Å². The molecule has 0 radical (unpaired) electrons. The first kappa shape index (κ1) is 22.9. The van der Waals surface area contributed by atoms with E-state index >= 15 is 0 Å². The zero-order valence-corrected chi connectivity index (χ0v) is 19.4. The van der Waals surface area contributed by atoms with Crippen molar-refractivity contribution in [2.75, 3.05) is 59.4 Å². The Morgan fingerprint density at radius 3 is 2.69 bits per heavy atom. The van der Waals surface area contributed by atoms with E-state index in [4.69, 9.17) is 4.52 Å². The number of aryl methyl sites for hydroxylation is 1. The van der Waals surface area contributed by atoms with E-state index in [9.17, 15) is 4.79 Å². The van der Waals surface area contributed by atoms with E-state index in [0.717, 1.165) is 77.2 Å². The molecule has 1 atom stereocenters. The highest BCUT2D eigenvalue weighted by molar-refractivity contribution is 5.78. The van der Waals surface area contributed by atoms with Crippen molar-refractivity contribution in [3.05, 3.63) is 35.7 Å². The van der Waals surface area contributed by atoms with Crippen molar-refractivity contribution in [2.24, 2.45) is 5.92 Å². The molecule has 2 fully saturated rings. The number of likely N-dealkylation sites (tertiary alicyclic amines) is 1. The number of aromatic nitrogens is 2. The second-order valence-electron chi connectivity index (χ2n) is 9.24. The van der Waals surface area contributed by atoms with Crippen LogP contribution in [-0.2, 0) is 11.3 Å². The van der Waals surface area contributed by atoms with E-state index in [2.05, 4.69) is 44.1 Å². The van der Waals surface area contributed by atoms with Gasteiger partial charge in [0.25, 0.3) is 0 Å². The molecule has 0 saturated carbocycles. The lowest BCUT2D eigenvalue weighted by molar-refractivity contribution is -0.126. The van der Waals surface area contributed by atoms with Crippen LogP contribution in [0.3, 0.4) is 0 Å². The number of amides is 1. The van der Waals surface area contributed by atoms with Crippen LogP contribution in [0.25, 0.3) is 11.4 Å². The van der Waals surface area contributed by atoms with Crippen LogP contribution in [0.4, 0.5) is 0 Å². The third kappa shape index (κ3) is 6.37. The quantitative estimate of drug-likeness (QED) is 0.629. The molecule has 2 aliphatic heterocycles. The average molecular weight is 441 g/mol. The number of carbonyl (C=O) groups is 1. The summed E-state index contributed by atoms with van der Waals surface area (Å²) in [7, 11) is 2.17. The molecule has 4 rings (SSSR count). The van der Waals surface area contributed by atoms with Gasteiger partial charge in [-0.2, -0.15) is 4.98 Å². The summed E-state index contributed by atoms with van der Waals surface area (Å²) in [5.74, 6) is 1.44. The second-order valence-corrected chi connectivity index (χ2v) is 9.24. The van der Waals surface area contributed by atoms with Crippen LogP contribution < -0.4 is 5.32 Å². The summed E-state index contributed by atoms with van der Waals surface area (Å²) in [5, 5.41) is 7.29. The molecular weight excluding hydrogens is 404 g/mol. The van der Waals surface area contributed by atoms with E-state index in [1.54, 1.807) is 0 Å². The number of nitrogens with one attached hydrogen (secondary N) is 1. The first-order valence-electron chi connectivity index (χ1n) is 11.9. The second kappa shape index (κ2) is 11.0. The predicted octanol–water partition coefficient (Wildman–Crippen LogP) is 2.01. The van der Waals surface area contributed by atoms with Gasteiger partial charge in [0, 0.05) is 44.8 Å². The Balaban J connectivity index is 1.19. The molecular formula is C24H36N6O2. The molecule has 1 unspecified atom stereocenters. The standard InChI is InChI=1S/C24H36N6O2/c1-19-6-8-20(9-7-19)23-26-22(32-27-23)18-30-11-3-5-21(17-30)24(31)25-10-4-12-29-15-13-28(2)14-16-29/h6-9,21H,3-5,10-18H2,1-2H3,(H,25,31). The molecule has 32 heavy (non-hydrogen) atoms. The molecule has 8 heteroatoms. The smallest absolute Gasteiger partial charge is 0.241 e. The van der Waals surface area contributed by atoms with Crippen molar-refractivity contribution >= 4 is 5.91 Å². The normalized spacial score (nSPS) is 21.0. The van der Waals surface area contributed by atoms with Crippen molar-refractivity contribution in [2.45, 2.75) is 32.7 Å². The minimum absolute atomic E-state index is 0.0341. The first-order chi connectivity index (χ1) is 15.6. The van der Waals surface area contributed by atoms with Crippen LogP contribution in [0.15, 0.2) is 28.8 Å². The summed E-state index contributed by atoms with van der Waals surface area (Å²) in [6.45, 7) is 10.7. The lowest BCUT2D eigenvalue weighted by Crippen LogP contribution is -2.45. The highest BCUT2D eigenvalue weighted by Crippen LogP contribution is 2.20. The maximum Gasteiger partial charge on any atom is 0.241 e. The number of carbonyl (C=O) groups excluding carboxylic acids is 1. The van der Waals surface area contributed by atoms with Gasteiger partial charge in [0.05, 0.1) is 12.5 Å². The van der Waals surface area contributed by atoms with Crippen molar-refractivity contribution in [3.8, 4) is 11.4 Å². The number of benzene rings is 1. The number of piperazine rings is 1. The average Bonchev–Trinajstić information content (AvgIpc) is 3.27. The zero-order chi connectivity index (χ0) is 22.3. The summed E-state index contributed by atoms with van der Waals surface area (Å²) in [6.07, 6.45) is 2.97. The number of hydrogen-bond donors (Lipinski definition) is 1. The summed E-state index contributed by atoms with van der Waals surface area (Å²) in [5.41, 5.74) is 2.16. The van der Waals surface area contributed by atoms with Crippen LogP contribution in [0.2, 0.25) is 0 Å². The predicted molar refractivity (Wildman–Crippen MR) is 124 cm³/mol. The topological polar surface area (TPSA) is 77.7 Å². The highest BCUT2D eigenvalue weighted by atomic mass is 16.5. The van der Waals surface area contributed by atoms with Gasteiger partial charge in [0.2, 0.25) is 17.6 Å². The number of rotatable bonds is 8. The van der Waals surface area contributed by atoms with Crippen LogP contribution in [0.1, 0.15) is 30.7 Å². The van der Waals surface area contributed by atoms with E-state index in [0.29, 0.717) is 18.3 Å². The highest BCUT2D eigenvalue weighted by Gasteiger charge is 2.26. The Labute approximate surface area is 190 Å². The van der Waals surface area contributed by atoms with Gasteiger partial charge in [-0.15, -0.1) is 0 Å². The maximum atomic E-state index is 12.7. The van der Waals surface area contributed by atoms with Crippen molar-refractivity contribution in [1.29, 1.82) is 0 Å².